The number of nitriles is 1. The SMILES string of the molecule is N#Cc1cc(OCc2ccc(F)cc2)ccc1F. The average Bonchev–Trinajstić information content (AvgIpc) is 2.39. The molecular weight excluding hydrogens is 236 g/mol. The maximum absolute atomic E-state index is 13.1. The van der Waals surface area contributed by atoms with Crippen LogP contribution in [0.1, 0.15) is 11.1 Å². The normalized spacial score (nSPS) is 9.83. The third kappa shape index (κ3) is 2.83. The van der Waals surface area contributed by atoms with Gasteiger partial charge in [0.15, 0.2) is 0 Å². The van der Waals surface area contributed by atoms with E-state index in [0.29, 0.717) is 5.75 Å². The third-order valence-electron chi connectivity index (χ3n) is 2.38. The molecule has 0 aliphatic heterocycles. The van der Waals surface area contributed by atoms with Gasteiger partial charge in [0, 0.05) is 6.07 Å². The van der Waals surface area contributed by atoms with Crippen molar-refractivity contribution in [3.05, 3.63) is 65.2 Å². The first-order valence-corrected chi connectivity index (χ1v) is 5.26. The molecular formula is C14H9F2NO. The molecule has 0 saturated carbocycles. The quantitative estimate of drug-likeness (QED) is 0.830. The van der Waals surface area contributed by atoms with E-state index in [9.17, 15) is 8.78 Å². The third-order valence-corrected chi connectivity index (χ3v) is 2.38. The van der Waals surface area contributed by atoms with E-state index < -0.39 is 5.82 Å². The molecule has 0 heterocycles. The highest BCUT2D eigenvalue weighted by molar-refractivity contribution is 5.37. The van der Waals surface area contributed by atoms with Crippen molar-refractivity contribution in [2.45, 2.75) is 6.61 Å². The molecule has 0 radical (unpaired) electrons. The second-order valence-corrected chi connectivity index (χ2v) is 3.67. The lowest BCUT2D eigenvalue weighted by Crippen LogP contribution is -1.96. The molecule has 2 rings (SSSR count). The number of rotatable bonds is 3. The van der Waals surface area contributed by atoms with Gasteiger partial charge in [-0.3, -0.25) is 0 Å². The fraction of sp³-hybridized carbons (Fsp3) is 0.0714. The minimum Gasteiger partial charge on any atom is -0.489 e. The van der Waals surface area contributed by atoms with Crippen molar-refractivity contribution in [3.63, 3.8) is 0 Å². The second kappa shape index (κ2) is 5.28. The lowest BCUT2D eigenvalue weighted by atomic mass is 10.2. The summed E-state index contributed by atoms with van der Waals surface area (Å²) in [7, 11) is 0. The van der Waals surface area contributed by atoms with Gasteiger partial charge in [0.2, 0.25) is 0 Å². The molecule has 90 valence electrons. The minimum absolute atomic E-state index is 0.0633. The highest BCUT2D eigenvalue weighted by atomic mass is 19.1. The summed E-state index contributed by atoms with van der Waals surface area (Å²) >= 11 is 0. The van der Waals surface area contributed by atoms with E-state index in [-0.39, 0.29) is 18.0 Å². The first-order valence-electron chi connectivity index (χ1n) is 5.26. The molecule has 0 aliphatic rings. The zero-order valence-corrected chi connectivity index (χ0v) is 9.36. The molecule has 0 aromatic heterocycles. The van der Waals surface area contributed by atoms with Crippen molar-refractivity contribution in [2.75, 3.05) is 0 Å². The Balaban J connectivity index is 2.06. The van der Waals surface area contributed by atoms with E-state index in [1.54, 1.807) is 18.2 Å². The minimum atomic E-state index is -0.577. The number of hydrogen-bond donors (Lipinski definition) is 0. The van der Waals surface area contributed by atoms with E-state index in [4.69, 9.17) is 10.00 Å². The van der Waals surface area contributed by atoms with Crippen LogP contribution in [0.15, 0.2) is 42.5 Å². The first kappa shape index (κ1) is 12.1. The number of nitrogens with zero attached hydrogens (tertiary/aromatic N) is 1. The molecule has 0 fully saturated rings. The zero-order chi connectivity index (χ0) is 13.0. The van der Waals surface area contributed by atoms with E-state index >= 15 is 0 Å². The van der Waals surface area contributed by atoms with Gasteiger partial charge in [0.25, 0.3) is 0 Å². The summed E-state index contributed by atoms with van der Waals surface area (Å²) in [6.45, 7) is 0.233. The van der Waals surface area contributed by atoms with Crippen LogP contribution in [0.3, 0.4) is 0 Å². The van der Waals surface area contributed by atoms with Gasteiger partial charge in [-0.1, -0.05) is 12.1 Å². The molecule has 0 N–H and O–H groups in total. The largest absolute Gasteiger partial charge is 0.489 e. The summed E-state index contributed by atoms with van der Waals surface area (Å²) in [6, 6.07) is 11.6. The van der Waals surface area contributed by atoms with Gasteiger partial charge >= 0.3 is 0 Å². The molecule has 0 aliphatic carbocycles. The van der Waals surface area contributed by atoms with Crippen LogP contribution < -0.4 is 4.74 Å². The Bertz CT molecular complexity index is 588. The van der Waals surface area contributed by atoms with Crippen molar-refractivity contribution in [3.8, 4) is 11.8 Å². The summed E-state index contributed by atoms with van der Waals surface area (Å²) in [5.41, 5.74) is 0.728. The smallest absolute Gasteiger partial charge is 0.141 e. The first-order chi connectivity index (χ1) is 8.69. The molecule has 18 heavy (non-hydrogen) atoms. The monoisotopic (exact) mass is 245 g/mol. The van der Waals surface area contributed by atoms with Gasteiger partial charge < -0.3 is 4.74 Å². The van der Waals surface area contributed by atoms with Gasteiger partial charge in [0.1, 0.15) is 30.1 Å². The maximum atomic E-state index is 13.1. The highest BCUT2D eigenvalue weighted by Crippen LogP contribution is 2.17. The van der Waals surface area contributed by atoms with Crippen molar-refractivity contribution >= 4 is 0 Å². The van der Waals surface area contributed by atoms with Gasteiger partial charge in [-0.25, -0.2) is 8.78 Å². The van der Waals surface area contributed by atoms with Crippen LogP contribution >= 0.6 is 0 Å². The molecule has 0 unspecified atom stereocenters. The Morgan fingerprint density at radius 3 is 2.44 bits per heavy atom. The number of benzene rings is 2. The van der Waals surface area contributed by atoms with Gasteiger partial charge in [0.05, 0.1) is 5.56 Å². The van der Waals surface area contributed by atoms with E-state index in [2.05, 4.69) is 0 Å². The molecule has 0 bridgehead atoms. The molecule has 4 heteroatoms. The molecule has 0 saturated heterocycles. The van der Waals surface area contributed by atoms with Crippen molar-refractivity contribution in [1.82, 2.24) is 0 Å². The van der Waals surface area contributed by atoms with Crippen LogP contribution in [-0.2, 0) is 6.61 Å². The second-order valence-electron chi connectivity index (χ2n) is 3.67. The van der Waals surface area contributed by atoms with Gasteiger partial charge in [-0.2, -0.15) is 5.26 Å². The summed E-state index contributed by atoms with van der Waals surface area (Å²) < 4.78 is 31.1. The van der Waals surface area contributed by atoms with Crippen LogP contribution in [0.2, 0.25) is 0 Å². The number of hydrogen-bond acceptors (Lipinski definition) is 2. The van der Waals surface area contributed by atoms with E-state index in [1.165, 1.54) is 30.3 Å². The Morgan fingerprint density at radius 1 is 1.06 bits per heavy atom. The molecule has 0 amide bonds. The zero-order valence-electron chi connectivity index (χ0n) is 9.36. The van der Waals surface area contributed by atoms with Crippen LogP contribution in [0.5, 0.6) is 5.75 Å². The molecule has 0 atom stereocenters. The highest BCUT2D eigenvalue weighted by Gasteiger charge is 2.03. The summed E-state index contributed by atoms with van der Waals surface area (Å²) in [6.07, 6.45) is 0. The molecule has 2 aromatic carbocycles. The van der Waals surface area contributed by atoms with Crippen LogP contribution in [-0.4, -0.2) is 0 Å². The molecule has 0 spiro atoms. The lowest BCUT2D eigenvalue weighted by molar-refractivity contribution is 0.305. The van der Waals surface area contributed by atoms with Crippen molar-refractivity contribution in [1.29, 1.82) is 5.26 Å². The van der Waals surface area contributed by atoms with Crippen LogP contribution in [0.4, 0.5) is 8.78 Å². The topological polar surface area (TPSA) is 33.0 Å². The summed E-state index contributed by atoms with van der Waals surface area (Å²) in [5.74, 6) is -0.490. The fourth-order valence-electron chi connectivity index (χ4n) is 1.43. The van der Waals surface area contributed by atoms with Gasteiger partial charge in [-0.05, 0) is 29.8 Å². The molecule has 2 aromatic rings. The lowest BCUT2D eigenvalue weighted by Gasteiger charge is -2.06. The number of ether oxygens (including phenoxy) is 1. The molecule has 2 nitrogen and oxygen atoms in total. The van der Waals surface area contributed by atoms with Crippen molar-refractivity contribution in [2.24, 2.45) is 0 Å². The Labute approximate surface area is 103 Å². The van der Waals surface area contributed by atoms with Crippen LogP contribution in [0, 0.1) is 23.0 Å². The van der Waals surface area contributed by atoms with E-state index in [0.717, 1.165) is 5.56 Å². The Morgan fingerprint density at radius 2 is 1.78 bits per heavy atom. The number of halogens is 2. The maximum Gasteiger partial charge on any atom is 0.141 e. The van der Waals surface area contributed by atoms with E-state index in [1.807, 2.05) is 0 Å². The standard InChI is InChI=1S/C14H9F2NO/c15-12-3-1-10(2-4-12)9-18-13-5-6-14(16)11(7-13)8-17/h1-7H,9H2. The fourth-order valence-corrected chi connectivity index (χ4v) is 1.43. The summed E-state index contributed by atoms with van der Waals surface area (Å²) in [5, 5.41) is 8.67. The van der Waals surface area contributed by atoms with Crippen LogP contribution in [0.25, 0.3) is 0 Å². The summed E-state index contributed by atoms with van der Waals surface area (Å²) in [4.78, 5) is 0. The predicted octanol–water partition coefficient (Wildman–Crippen LogP) is 3.42. The Hall–Kier alpha value is -2.41. The van der Waals surface area contributed by atoms with Gasteiger partial charge in [-0.15, -0.1) is 0 Å². The average molecular weight is 245 g/mol. The van der Waals surface area contributed by atoms with Crippen molar-refractivity contribution < 1.29 is 13.5 Å². The Kier molecular flexibility index (Phi) is 3.54. The predicted molar refractivity (Wildman–Crippen MR) is 61.8 cm³/mol.